The Morgan fingerprint density at radius 1 is 0.960 bits per heavy atom. The number of rotatable bonds is 12. The van der Waals surface area contributed by atoms with Crippen molar-refractivity contribution in [1.29, 1.82) is 0 Å². The fourth-order valence-electron chi connectivity index (χ4n) is 2.06. The molecule has 0 heterocycles. The molecule has 0 aromatic carbocycles. The lowest BCUT2D eigenvalue weighted by Gasteiger charge is -2.07. The molecule has 2 N–H and O–H groups in total. The van der Waals surface area contributed by atoms with Gasteiger partial charge in [0.1, 0.15) is 0 Å². The summed E-state index contributed by atoms with van der Waals surface area (Å²) >= 11 is 0. The summed E-state index contributed by atoms with van der Waals surface area (Å²) < 4.78 is 15.8. The molecule has 0 amide bonds. The summed E-state index contributed by atoms with van der Waals surface area (Å²) in [6.07, 6.45) is 11.9. The van der Waals surface area contributed by atoms with Crippen molar-refractivity contribution >= 4 is 13.3 Å². The molecule has 0 aliphatic carbocycles. The second-order valence-corrected chi connectivity index (χ2v) is 7.98. The minimum atomic E-state index is -4.54. The number of hydrogen-bond acceptors (Lipinski definition) is 5. The lowest BCUT2D eigenvalue weighted by molar-refractivity contribution is -0.169. The van der Waals surface area contributed by atoms with Crippen molar-refractivity contribution in [2.75, 3.05) is 6.61 Å². The molecule has 7 heteroatoms. The monoisotopic (exact) mass is 374 g/mol. The number of hydrogen-bond donors (Lipinski definition) is 2. The molecule has 1 unspecified atom stereocenters. The van der Waals surface area contributed by atoms with Crippen LogP contribution in [0.1, 0.15) is 66.2 Å². The van der Waals surface area contributed by atoms with Gasteiger partial charge in [0.2, 0.25) is 0 Å². The number of carbonyl (C=O) groups excluding carboxylic acids is 1. The molecule has 0 spiro atoms. The number of unbranched alkanes of at least 4 members (excludes halogenated alkanes) is 1. The smallest absolute Gasteiger partial charge is 0.316 e. The predicted molar refractivity (Wildman–Crippen MR) is 99.5 cm³/mol. The van der Waals surface area contributed by atoms with Crippen molar-refractivity contribution < 1.29 is 28.9 Å². The lowest BCUT2D eigenvalue weighted by Crippen LogP contribution is -2.04. The summed E-state index contributed by atoms with van der Waals surface area (Å²) in [6.45, 7) is 8.36. The Bertz CT molecular complexity index is 544. The predicted octanol–water partition coefficient (Wildman–Crippen LogP) is 6.00. The van der Waals surface area contributed by atoms with E-state index in [1.807, 2.05) is 6.92 Å². The van der Waals surface area contributed by atoms with E-state index < -0.39 is 13.3 Å². The van der Waals surface area contributed by atoms with Crippen LogP contribution in [0.4, 0.5) is 4.79 Å². The van der Waals surface area contributed by atoms with Crippen LogP contribution in [0, 0.1) is 0 Å². The van der Waals surface area contributed by atoms with Crippen LogP contribution in [-0.2, 0) is 14.0 Å². The molecule has 0 aromatic rings. The molecule has 0 saturated heterocycles. The molecule has 6 nitrogen and oxygen atoms in total. The maximum atomic E-state index is 11.2. The van der Waals surface area contributed by atoms with Gasteiger partial charge >= 0.3 is 13.3 Å². The summed E-state index contributed by atoms with van der Waals surface area (Å²) in [6, 6.07) is 0. The highest BCUT2D eigenvalue weighted by atomic mass is 31.2. The minimum absolute atomic E-state index is 0.0595. The zero-order valence-corrected chi connectivity index (χ0v) is 16.6. The molecule has 0 rings (SSSR count). The van der Waals surface area contributed by atoms with Crippen LogP contribution in [0.25, 0.3) is 0 Å². The van der Waals surface area contributed by atoms with Crippen molar-refractivity contribution in [3.05, 3.63) is 34.9 Å². The van der Waals surface area contributed by atoms with Gasteiger partial charge in [0, 0.05) is 0 Å². The van der Waals surface area contributed by atoms with E-state index in [-0.39, 0.29) is 6.61 Å². The summed E-state index contributed by atoms with van der Waals surface area (Å²) in [7, 11) is -4.54. The SMILES string of the molecule is CC(C)=CCC/C(C)=C/CC/C(C)=C/CCCOP(=O)(O)C(=O)OO. The van der Waals surface area contributed by atoms with E-state index in [0.29, 0.717) is 12.8 Å². The highest BCUT2D eigenvalue weighted by Crippen LogP contribution is 2.43. The van der Waals surface area contributed by atoms with Gasteiger partial charge in [-0.3, -0.25) is 4.89 Å². The summed E-state index contributed by atoms with van der Waals surface area (Å²) in [4.78, 5) is 23.1. The van der Waals surface area contributed by atoms with Gasteiger partial charge in [-0.2, -0.15) is 5.26 Å². The van der Waals surface area contributed by atoms with E-state index >= 15 is 0 Å². The lowest BCUT2D eigenvalue weighted by atomic mass is 10.1. The first-order chi connectivity index (χ1) is 11.7. The van der Waals surface area contributed by atoms with Crippen LogP contribution >= 0.6 is 7.60 Å². The van der Waals surface area contributed by atoms with Crippen molar-refractivity contribution in [2.24, 2.45) is 0 Å². The van der Waals surface area contributed by atoms with Gasteiger partial charge in [-0.25, -0.2) is 9.36 Å². The first-order valence-corrected chi connectivity index (χ1v) is 10.0. The molecule has 0 aromatic heterocycles. The van der Waals surface area contributed by atoms with Crippen molar-refractivity contribution in [3.8, 4) is 0 Å². The Balaban J connectivity index is 3.97. The average molecular weight is 374 g/mol. The number of carbonyl (C=O) groups is 1. The number of allylic oxidation sites excluding steroid dienone is 6. The van der Waals surface area contributed by atoms with Crippen LogP contribution in [0.5, 0.6) is 0 Å². The molecule has 0 radical (unpaired) electrons. The Morgan fingerprint density at radius 2 is 1.48 bits per heavy atom. The third kappa shape index (κ3) is 12.8. The van der Waals surface area contributed by atoms with Gasteiger partial charge < -0.3 is 9.42 Å². The van der Waals surface area contributed by atoms with E-state index in [1.54, 1.807) is 0 Å². The molecule has 0 bridgehead atoms. The average Bonchev–Trinajstić information content (AvgIpc) is 2.53. The minimum Gasteiger partial charge on any atom is -0.316 e. The summed E-state index contributed by atoms with van der Waals surface area (Å²) in [5.74, 6) is 0. The first-order valence-electron chi connectivity index (χ1n) is 8.47. The maximum Gasteiger partial charge on any atom is 0.452 e. The molecule has 0 fully saturated rings. The highest BCUT2D eigenvalue weighted by molar-refractivity contribution is 7.70. The highest BCUT2D eigenvalue weighted by Gasteiger charge is 2.33. The van der Waals surface area contributed by atoms with Gasteiger partial charge in [0.05, 0.1) is 6.61 Å². The normalized spacial score (nSPS) is 14.8. The molecule has 144 valence electrons. The fraction of sp³-hybridized carbons (Fsp3) is 0.611. The molecule has 25 heavy (non-hydrogen) atoms. The van der Waals surface area contributed by atoms with E-state index in [9.17, 15) is 9.36 Å². The third-order valence-electron chi connectivity index (χ3n) is 3.54. The van der Waals surface area contributed by atoms with Gasteiger partial charge in [-0.15, -0.1) is 0 Å². The van der Waals surface area contributed by atoms with E-state index in [1.165, 1.54) is 16.7 Å². The van der Waals surface area contributed by atoms with Crippen LogP contribution in [0.15, 0.2) is 34.9 Å². The van der Waals surface area contributed by atoms with E-state index in [0.717, 1.165) is 25.7 Å². The zero-order chi connectivity index (χ0) is 19.3. The summed E-state index contributed by atoms with van der Waals surface area (Å²) in [5.41, 5.74) is 2.33. The second-order valence-electron chi connectivity index (χ2n) is 6.31. The van der Waals surface area contributed by atoms with Gasteiger partial charge in [0.25, 0.3) is 0 Å². The molecule has 1 atom stereocenters. The zero-order valence-electron chi connectivity index (χ0n) is 15.7. The molecular weight excluding hydrogens is 343 g/mol. The van der Waals surface area contributed by atoms with E-state index in [2.05, 4.69) is 48.4 Å². The van der Waals surface area contributed by atoms with Gasteiger partial charge in [-0.1, -0.05) is 34.9 Å². The Morgan fingerprint density at radius 3 is 2.00 bits per heavy atom. The van der Waals surface area contributed by atoms with Crippen LogP contribution < -0.4 is 0 Å². The van der Waals surface area contributed by atoms with Crippen molar-refractivity contribution in [3.63, 3.8) is 0 Å². The van der Waals surface area contributed by atoms with Crippen LogP contribution in [0.3, 0.4) is 0 Å². The quantitative estimate of drug-likeness (QED) is 0.143. The van der Waals surface area contributed by atoms with Crippen LogP contribution in [-0.4, -0.2) is 22.5 Å². The van der Waals surface area contributed by atoms with Crippen molar-refractivity contribution in [1.82, 2.24) is 0 Å². The first kappa shape index (κ1) is 23.8. The maximum absolute atomic E-state index is 11.2. The molecular formula is C18H31O6P. The molecule has 0 aliphatic heterocycles. The second kappa shape index (κ2) is 13.1. The third-order valence-corrected chi connectivity index (χ3v) is 4.61. The molecule has 0 aliphatic rings. The van der Waals surface area contributed by atoms with E-state index in [4.69, 9.17) is 10.2 Å². The van der Waals surface area contributed by atoms with Crippen LogP contribution in [0.2, 0.25) is 0 Å². The Hall–Kier alpha value is -1.20. The molecule has 0 saturated carbocycles. The fourth-order valence-corrected chi connectivity index (χ4v) is 2.65. The topological polar surface area (TPSA) is 93.1 Å². The standard InChI is InChI=1S/C18H31O6P/c1-15(2)9-7-11-17(4)13-8-12-16(3)10-5-6-14-23-25(21,22)18(19)24-20/h9-10,13,20H,5-8,11-12,14H2,1-4H3,(H,21,22)/b16-10+,17-13+. The van der Waals surface area contributed by atoms with Gasteiger partial charge in [0.15, 0.2) is 0 Å². The Labute approximate surface area is 150 Å². The Kier molecular flexibility index (Phi) is 12.4. The van der Waals surface area contributed by atoms with Gasteiger partial charge in [-0.05, 0) is 66.2 Å². The van der Waals surface area contributed by atoms with Crippen molar-refractivity contribution in [2.45, 2.75) is 66.2 Å². The summed E-state index contributed by atoms with van der Waals surface area (Å²) in [5, 5.41) is 8.06. The largest absolute Gasteiger partial charge is 0.452 e.